The van der Waals surface area contributed by atoms with Gasteiger partial charge < -0.3 is 19.9 Å². The van der Waals surface area contributed by atoms with Crippen molar-refractivity contribution in [2.45, 2.75) is 31.8 Å². The van der Waals surface area contributed by atoms with E-state index in [0.717, 1.165) is 13.0 Å². The Bertz CT molecular complexity index is 343. The predicted octanol–water partition coefficient (Wildman–Crippen LogP) is -0.164. The predicted molar refractivity (Wildman–Crippen MR) is 75.3 cm³/mol. The van der Waals surface area contributed by atoms with Gasteiger partial charge in [-0.3, -0.25) is 9.59 Å². The van der Waals surface area contributed by atoms with E-state index >= 15 is 0 Å². The van der Waals surface area contributed by atoms with Gasteiger partial charge >= 0.3 is 0 Å². The van der Waals surface area contributed by atoms with Crippen LogP contribution in [0, 0.1) is 0 Å². The lowest BCUT2D eigenvalue weighted by atomic mass is 10.2. The molecule has 0 aliphatic carbocycles. The van der Waals surface area contributed by atoms with Gasteiger partial charge in [-0.2, -0.15) is 0 Å². The SMILES string of the molecule is CN1C[C@@H](CNC(=O)CCCN2CCCC2)OCC1=O. The first-order chi connectivity index (χ1) is 9.65. The number of nitrogens with zero attached hydrogens (tertiary/aromatic N) is 2. The normalized spacial score (nSPS) is 24.1. The number of hydrogen-bond acceptors (Lipinski definition) is 4. The number of nitrogens with one attached hydrogen (secondary N) is 1. The van der Waals surface area contributed by atoms with E-state index in [1.165, 1.54) is 25.9 Å². The molecular formula is C14H25N3O3. The van der Waals surface area contributed by atoms with E-state index in [-0.39, 0.29) is 24.5 Å². The van der Waals surface area contributed by atoms with Crippen molar-refractivity contribution in [2.75, 3.05) is 46.4 Å². The van der Waals surface area contributed by atoms with Crippen LogP contribution >= 0.6 is 0 Å². The number of morpholine rings is 1. The second kappa shape index (κ2) is 7.59. The minimum Gasteiger partial charge on any atom is -0.365 e. The molecule has 0 aromatic carbocycles. The molecule has 2 aliphatic heterocycles. The molecule has 2 aliphatic rings. The highest BCUT2D eigenvalue weighted by Gasteiger charge is 2.23. The second-order valence-electron chi connectivity index (χ2n) is 5.66. The van der Waals surface area contributed by atoms with Crippen LogP contribution in [0.5, 0.6) is 0 Å². The van der Waals surface area contributed by atoms with Crippen molar-refractivity contribution in [1.29, 1.82) is 0 Å². The summed E-state index contributed by atoms with van der Waals surface area (Å²) in [6.45, 7) is 4.53. The van der Waals surface area contributed by atoms with Crippen LogP contribution in [0.25, 0.3) is 0 Å². The molecule has 0 aromatic heterocycles. The minimum atomic E-state index is -0.0831. The van der Waals surface area contributed by atoms with Crippen LogP contribution in [0.2, 0.25) is 0 Å². The van der Waals surface area contributed by atoms with Crippen LogP contribution in [0.3, 0.4) is 0 Å². The van der Waals surface area contributed by atoms with Gasteiger partial charge in [0.1, 0.15) is 6.61 Å². The Morgan fingerprint density at radius 1 is 1.40 bits per heavy atom. The quantitative estimate of drug-likeness (QED) is 0.735. The zero-order valence-electron chi connectivity index (χ0n) is 12.3. The van der Waals surface area contributed by atoms with E-state index in [1.54, 1.807) is 11.9 Å². The molecule has 6 nitrogen and oxygen atoms in total. The minimum absolute atomic E-state index is 0.00168. The van der Waals surface area contributed by atoms with Gasteiger partial charge in [-0.25, -0.2) is 0 Å². The maximum Gasteiger partial charge on any atom is 0.248 e. The summed E-state index contributed by atoms with van der Waals surface area (Å²) in [6, 6.07) is 0. The lowest BCUT2D eigenvalue weighted by Gasteiger charge is -2.29. The molecular weight excluding hydrogens is 258 g/mol. The number of amides is 2. The topological polar surface area (TPSA) is 61.9 Å². The first kappa shape index (κ1) is 15.3. The van der Waals surface area contributed by atoms with Gasteiger partial charge in [0.15, 0.2) is 0 Å². The van der Waals surface area contributed by atoms with Gasteiger partial charge in [-0.15, -0.1) is 0 Å². The first-order valence-electron chi connectivity index (χ1n) is 7.50. The lowest BCUT2D eigenvalue weighted by molar-refractivity contribution is -0.146. The summed E-state index contributed by atoms with van der Waals surface area (Å²) >= 11 is 0. The van der Waals surface area contributed by atoms with Gasteiger partial charge in [0, 0.05) is 26.6 Å². The van der Waals surface area contributed by atoms with Gasteiger partial charge in [0.05, 0.1) is 6.10 Å². The zero-order valence-corrected chi connectivity index (χ0v) is 12.3. The van der Waals surface area contributed by atoms with Crippen molar-refractivity contribution in [1.82, 2.24) is 15.1 Å². The monoisotopic (exact) mass is 283 g/mol. The molecule has 2 amide bonds. The van der Waals surface area contributed by atoms with Gasteiger partial charge in [0.2, 0.25) is 11.8 Å². The molecule has 2 rings (SSSR count). The van der Waals surface area contributed by atoms with E-state index < -0.39 is 0 Å². The molecule has 0 bridgehead atoms. The van der Waals surface area contributed by atoms with Crippen molar-refractivity contribution < 1.29 is 14.3 Å². The number of hydrogen-bond donors (Lipinski definition) is 1. The van der Waals surface area contributed by atoms with Crippen LogP contribution in [0.4, 0.5) is 0 Å². The molecule has 1 N–H and O–H groups in total. The molecule has 114 valence electrons. The third kappa shape index (κ3) is 4.76. The van der Waals surface area contributed by atoms with Crippen LogP contribution in [0.15, 0.2) is 0 Å². The fraction of sp³-hybridized carbons (Fsp3) is 0.857. The highest BCUT2D eigenvalue weighted by molar-refractivity contribution is 5.78. The molecule has 6 heteroatoms. The summed E-state index contributed by atoms with van der Waals surface area (Å²) in [6.07, 6.45) is 3.98. The summed E-state index contributed by atoms with van der Waals surface area (Å²) in [5.41, 5.74) is 0. The third-order valence-electron chi connectivity index (χ3n) is 3.95. The number of ether oxygens (including phenoxy) is 1. The van der Waals surface area contributed by atoms with Gasteiger partial charge in [0.25, 0.3) is 0 Å². The molecule has 2 saturated heterocycles. The van der Waals surface area contributed by atoms with Gasteiger partial charge in [-0.1, -0.05) is 0 Å². The third-order valence-corrected chi connectivity index (χ3v) is 3.95. The smallest absolute Gasteiger partial charge is 0.248 e. The van der Waals surface area contributed by atoms with Crippen LogP contribution in [-0.4, -0.2) is 74.1 Å². The molecule has 20 heavy (non-hydrogen) atoms. The summed E-state index contributed by atoms with van der Waals surface area (Å²) < 4.78 is 5.38. The molecule has 0 unspecified atom stereocenters. The van der Waals surface area contributed by atoms with E-state index in [9.17, 15) is 9.59 Å². The van der Waals surface area contributed by atoms with Crippen LogP contribution in [-0.2, 0) is 14.3 Å². The van der Waals surface area contributed by atoms with Crippen LogP contribution in [0.1, 0.15) is 25.7 Å². The summed E-state index contributed by atoms with van der Waals surface area (Å²) in [4.78, 5) is 27.1. The Kier molecular flexibility index (Phi) is 5.79. The fourth-order valence-corrected chi connectivity index (χ4v) is 2.67. The molecule has 0 saturated carbocycles. The number of likely N-dealkylation sites (N-methyl/N-ethyl adjacent to an activating group) is 1. The number of carbonyl (C=O) groups is 2. The molecule has 0 aromatic rings. The van der Waals surface area contributed by atoms with Crippen LogP contribution < -0.4 is 5.32 Å². The van der Waals surface area contributed by atoms with Crippen molar-refractivity contribution in [2.24, 2.45) is 0 Å². The van der Waals surface area contributed by atoms with E-state index in [1.807, 2.05) is 0 Å². The fourth-order valence-electron chi connectivity index (χ4n) is 2.67. The number of likely N-dealkylation sites (tertiary alicyclic amines) is 1. The molecule has 1 atom stereocenters. The maximum atomic E-state index is 11.7. The van der Waals surface area contributed by atoms with Crippen molar-refractivity contribution in [3.63, 3.8) is 0 Å². The maximum absolute atomic E-state index is 11.7. The second-order valence-corrected chi connectivity index (χ2v) is 5.66. The summed E-state index contributed by atoms with van der Waals surface area (Å²) in [5.74, 6) is 0.0746. The first-order valence-corrected chi connectivity index (χ1v) is 7.50. The van der Waals surface area contributed by atoms with E-state index in [4.69, 9.17) is 4.74 Å². The Morgan fingerprint density at radius 3 is 2.85 bits per heavy atom. The average Bonchev–Trinajstić information content (AvgIpc) is 2.93. The van der Waals surface area contributed by atoms with Crippen molar-refractivity contribution in [3.8, 4) is 0 Å². The largest absolute Gasteiger partial charge is 0.365 e. The number of carbonyl (C=O) groups excluding carboxylic acids is 2. The highest BCUT2D eigenvalue weighted by atomic mass is 16.5. The van der Waals surface area contributed by atoms with E-state index in [0.29, 0.717) is 19.5 Å². The Labute approximate surface area is 120 Å². The molecule has 2 heterocycles. The highest BCUT2D eigenvalue weighted by Crippen LogP contribution is 2.08. The molecule has 2 fully saturated rings. The summed E-state index contributed by atoms with van der Waals surface area (Å²) in [7, 11) is 1.76. The zero-order chi connectivity index (χ0) is 14.4. The Hall–Kier alpha value is -1.14. The number of rotatable bonds is 6. The van der Waals surface area contributed by atoms with Crippen molar-refractivity contribution >= 4 is 11.8 Å². The molecule has 0 radical (unpaired) electrons. The standard InChI is InChI=1S/C14H25N3O3/c1-16-10-12(20-11-14(16)19)9-15-13(18)5-4-8-17-6-2-3-7-17/h12H,2-11H2,1H3,(H,15,18)/t12-/m1/s1. The average molecular weight is 283 g/mol. The Balaban J connectivity index is 1.54. The van der Waals surface area contributed by atoms with E-state index in [2.05, 4.69) is 10.2 Å². The van der Waals surface area contributed by atoms with Gasteiger partial charge in [-0.05, 0) is 38.9 Å². The Morgan fingerprint density at radius 2 is 2.15 bits per heavy atom. The van der Waals surface area contributed by atoms with Crippen molar-refractivity contribution in [3.05, 3.63) is 0 Å². The lowest BCUT2D eigenvalue weighted by Crippen LogP contribution is -2.48. The molecule has 0 spiro atoms. The summed E-state index contributed by atoms with van der Waals surface area (Å²) in [5, 5.41) is 2.89.